The predicted octanol–water partition coefficient (Wildman–Crippen LogP) is 2.32. The number of carbonyl (C=O) groups is 1. The Kier molecular flexibility index (Phi) is 6.02. The Bertz CT molecular complexity index is 491. The molecule has 1 aliphatic heterocycles. The third kappa shape index (κ3) is 5.52. The third-order valence-electron chi connectivity index (χ3n) is 3.99. The smallest absolute Gasteiger partial charge is 0.410 e. The van der Waals surface area contributed by atoms with Crippen LogP contribution >= 0.6 is 0 Å². The van der Waals surface area contributed by atoms with Gasteiger partial charge in [-0.25, -0.2) is 4.79 Å². The van der Waals surface area contributed by atoms with Gasteiger partial charge in [0.2, 0.25) is 0 Å². The monoisotopic (exact) mass is 320 g/mol. The van der Waals surface area contributed by atoms with Crippen LogP contribution in [0.1, 0.15) is 32.3 Å². The van der Waals surface area contributed by atoms with Crippen LogP contribution in [0.3, 0.4) is 0 Å². The molecule has 1 atom stereocenters. The minimum absolute atomic E-state index is 0.115. The fourth-order valence-electron chi connectivity index (χ4n) is 2.74. The van der Waals surface area contributed by atoms with E-state index in [0.717, 1.165) is 25.2 Å². The lowest BCUT2D eigenvalue weighted by atomic mass is 9.99. The van der Waals surface area contributed by atoms with Crippen molar-refractivity contribution >= 4 is 6.09 Å². The number of hydrogen-bond donors (Lipinski definition) is 1. The normalized spacial score (nSPS) is 17.8. The van der Waals surface area contributed by atoms with E-state index in [9.17, 15) is 9.90 Å². The van der Waals surface area contributed by atoms with E-state index < -0.39 is 5.60 Å². The standard InChI is InChI=1S/C18H28N2O3/c1-18(2,3)23-17(22)20-11-9-19(10-12-20)13-16(14-21)15-7-5-4-6-8-15/h4-8,16,21H,9-14H2,1-3H3/t16-/m1/s1. The van der Waals surface area contributed by atoms with Crippen molar-refractivity contribution in [1.82, 2.24) is 9.80 Å². The Morgan fingerprint density at radius 2 is 1.78 bits per heavy atom. The van der Waals surface area contributed by atoms with Crippen LogP contribution in [0.15, 0.2) is 30.3 Å². The molecule has 1 saturated heterocycles. The van der Waals surface area contributed by atoms with Crippen LogP contribution in [0.2, 0.25) is 0 Å². The fourth-order valence-corrected chi connectivity index (χ4v) is 2.74. The highest BCUT2D eigenvalue weighted by Crippen LogP contribution is 2.18. The molecule has 1 aliphatic rings. The van der Waals surface area contributed by atoms with E-state index >= 15 is 0 Å². The Labute approximate surface area is 138 Å². The van der Waals surface area contributed by atoms with Crippen LogP contribution in [0.25, 0.3) is 0 Å². The zero-order chi connectivity index (χ0) is 16.9. The SMILES string of the molecule is CC(C)(C)OC(=O)N1CCN(C[C@H](CO)c2ccccc2)CC1. The highest BCUT2D eigenvalue weighted by atomic mass is 16.6. The second-order valence-corrected chi connectivity index (χ2v) is 7.06. The van der Waals surface area contributed by atoms with E-state index in [4.69, 9.17) is 4.74 Å². The van der Waals surface area contributed by atoms with Crippen molar-refractivity contribution in [2.75, 3.05) is 39.3 Å². The number of aliphatic hydroxyl groups excluding tert-OH is 1. The van der Waals surface area contributed by atoms with Gasteiger partial charge in [-0.15, -0.1) is 0 Å². The van der Waals surface area contributed by atoms with E-state index in [2.05, 4.69) is 17.0 Å². The van der Waals surface area contributed by atoms with Crippen molar-refractivity contribution in [3.05, 3.63) is 35.9 Å². The van der Waals surface area contributed by atoms with E-state index in [1.165, 1.54) is 0 Å². The number of hydrogen-bond acceptors (Lipinski definition) is 4. The maximum Gasteiger partial charge on any atom is 0.410 e. The second kappa shape index (κ2) is 7.79. The molecule has 1 amide bonds. The minimum Gasteiger partial charge on any atom is -0.444 e. The van der Waals surface area contributed by atoms with Gasteiger partial charge < -0.3 is 14.7 Å². The topological polar surface area (TPSA) is 53.0 Å². The summed E-state index contributed by atoms with van der Waals surface area (Å²) in [4.78, 5) is 16.1. The van der Waals surface area contributed by atoms with Crippen LogP contribution in [-0.2, 0) is 4.74 Å². The summed E-state index contributed by atoms with van der Waals surface area (Å²) in [5.41, 5.74) is 0.702. The van der Waals surface area contributed by atoms with Crippen LogP contribution in [0.4, 0.5) is 4.79 Å². The quantitative estimate of drug-likeness (QED) is 0.925. The first kappa shape index (κ1) is 17.8. The molecule has 5 nitrogen and oxygen atoms in total. The highest BCUT2D eigenvalue weighted by Gasteiger charge is 2.26. The molecule has 1 aromatic carbocycles. The first-order chi connectivity index (χ1) is 10.9. The largest absolute Gasteiger partial charge is 0.444 e. The van der Waals surface area contributed by atoms with E-state index in [1.807, 2.05) is 39.0 Å². The lowest BCUT2D eigenvalue weighted by Gasteiger charge is -2.36. The molecule has 0 bridgehead atoms. The van der Waals surface area contributed by atoms with Crippen molar-refractivity contribution in [3.63, 3.8) is 0 Å². The van der Waals surface area contributed by atoms with Crippen LogP contribution in [-0.4, -0.2) is 65.9 Å². The Morgan fingerprint density at radius 3 is 2.30 bits per heavy atom. The average molecular weight is 320 g/mol. The van der Waals surface area contributed by atoms with Crippen molar-refractivity contribution in [1.29, 1.82) is 0 Å². The lowest BCUT2D eigenvalue weighted by Crippen LogP contribution is -2.50. The summed E-state index contributed by atoms with van der Waals surface area (Å²) in [6.07, 6.45) is -0.237. The van der Waals surface area contributed by atoms with Gasteiger partial charge in [0.25, 0.3) is 0 Å². The highest BCUT2D eigenvalue weighted by molar-refractivity contribution is 5.68. The molecule has 0 unspecified atom stereocenters. The molecule has 0 aromatic heterocycles. The summed E-state index contributed by atoms with van der Waals surface area (Å²) < 4.78 is 5.41. The zero-order valence-electron chi connectivity index (χ0n) is 14.4. The molecule has 1 fully saturated rings. The van der Waals surface area contributed by atoms with E-state index in [1.54, 1.807) is 4.90 Å². The van der Waals surface area contributed by atoms with Gasteiger partial charge in [0.15, 0.2) is 0 Å². The zero-order valence-corrected chi connectivity index (χ0v) is 14.4. The van der Waals surface area contributed by atoms with Gasteiger partial charge in [0.1, 0.15) is 5.60 Å². The molecule has 5 heteroatoms. The fraction of sp³-hybridized carbons (Fsp3) is 0.611. The molecular weight excluding hydrogens is 292 g/mol. The van der Waals surface area contributed by atoms with Crippen molar-refractivity contribution in [2.24, 2.45) is 0 Å². The van der Waals surface area contributed by atoms with E-state index in [-0.39, 0.29) is 18.6 Å². The maximum atomic E-state index is 12.1. The number of piperazine rings is 1. The Morgan fingerprint density at radius 1 is 1.17 bits per heavy atom. The molecule has 2 rings (SSSR count). The molecule has 0 radical (unpaired) electrons. The Balaban J connectivity index is 1.83. The summed E-state index contributed by atoms with van der Waals surface area (Å²) in [5.74, 6) is 0.115. The van der Waals surface area contributed by atoms with Crippen molar-refractivity contribution in [2.45, 2.75) is 32.3 Å². The minimum atomic E-state index is -0.455. The first-order valence-electron chi connectivity index (χ1n) is 8.25. The van der Waals surface area contributed by atoms with Gasteiger partial charge in [-0.3, -0.25) is 4.90 Å². The molecule has 0 saturated carbocycles. The number of nitrogens with zero attached hydrogens (tertiary/aromatic N) is 2. The number of rotatable bonds is 4. The van der Waals surface area contributed by atoms with Crippen molar-refractivity contribution < 1.29 is 14.6 Å². The molecule has 23 heavy (non-hydrogen) atoms. The van der Waals surface area contributed by atoms with E-state index in [0.29, 0.717) is 13.1 Å². The molecule has 0 aliphatic carbocycles. The summed E-state index contributed by atoms with van der Waals surface area (Å²) in [7, 11) is 0. The molecule has 128 valence electrons. The third-order valence-corrected chi connectivity index (χ3v) is 3.99. The van der Waals surface area contributed by atoms with Gasteiger partial charge in [-0.05, 0) is 26.3 Å². The predicted molar refractivity (Wildman–Crippen MR) is 90.5 cm³/mol. The van der Waals surface area contributed by atoms with Gasteiger partial charge in [-0.1, -0.05) is 30.3 Å². The summed E-state index contributed by atoms with van der Waals surface area (Å²) in [6, 6.07) is 10.1. The maximum absolute atomic E-state index is 12.1. The van der Waals surface area contributed by atoms with Gasteiger partial charge in [-0.2, -0.15) is 0 Å². The Hall–Kier alpha value is -1.59. The lowest BCUT2D eigenvalue weighted by molar-refractivity contribution is 0.0135. The van der Waals surface area contributed by atoms with Gasteiger partial charge >= 0.3 is 6.09 Å². The summed E-state index contributed by atoms with van der Waals surface area (Å²) in [6.45, 7) is 9.54. The van der Waals surface area contributed by atoms with Gasteiger partial charge in [0, 0.05) is 38.6 Å². The summed E-state index contributed by atoms with van der Waals surface area (Å²) >= 11 is 0. The number of benzene rings is 1. The molecule has 1 N–H and O–H groups in total. The van der Waals surface area contributed by atoms with Crippen LogP contribution < -0.4 is 0 Å². The second-order valence-electron chi connectivity index (χ2n) is 7.06. The summed E-state index contributed by atoms with van der Waals surface area (Å²) in [5, 5.41) is 9.67. The molecule has 1 aromatic rings. The van der Waals surface area contributed by atoms with Crippen LogP contribution in [0, 0.1) is 0 Å². The molecule has 1 heterocycles. The number of carbonyl (C=O) groups excluding carboxylic acids is 1. The number of aliphatic hydroxyl groups is 1. The first-order valence-corrected chi connectivity index (χ1v) is 8.25. The number of amides is 1. The molecular formula is C18H28N2O3. The van der Waals surface area contributed by atoms with Crippen LogP contribution in [0.5, 0.6) is 0 Å². The molecule has 0 spiro atoms. The number of ether oxygens (including phenoxy) is 1. The average Bonchev–Trinajstić information content (AvgIpc) is 2.52. The van der Waals surface area contributed by atoms with Crippen molar-refractivity contribution in [3.8, 4) is 0 Å². The van der Waals surface area contributed by atoms with Gasteiger partial charge in [0.05, 0.1) is 6.61 Å².